The summed E-state index contributed by atoms with van der Waals surface area (Å²) in [5.74, 6) is -1.40. The second kappa shape index (κ2) is 10.1. The summed E-state index contributed by atoms with van der Waals surface area (Å²) in [6.07, 6.45) is 0.764. The lowest BCUT2D eigenvalue weighted by Gasteiger charge is -2.25. The van der Waals surface area contributed by atoms with Gasteiger partial charge in [0.2, 0.25) is 11.8 Å². The molecule has 0 aromatic carbocycles. The Hall–Kier alpha value is -1.63. The third-order valence-electron chi connectivity index (χ3n) is 2.78. The molecule has 0 atom stereocenters. The number of carbonyl (C=O) groups excluding carboxylic acids is 2. The Morgan fingerprint density at radius 3 is 2.14 bits per heavy atom. The molecule has 0 fully saturated rings. The average molecular weight is 301 g/mol. The van der Waals surface area contributed by atoms with Crippen molar-refractivity contribution in [2.24, 2.45) is 0 Å². The minimum Gasteiger partial charge on any atom is -0.480 e. The Kier molecular flexibility index (Phi) is 9.36. The fourth-order valence-electron chi connectivity index (χ4n) is 1.93. The second-order valence-corrected chi connectivity index (χ2v) is 5.23. The summed E-state index contributed by atoms with van der Waals surface area (Å²) in [5.41, 5.74) is 0. The molecule has 0 aromatic heterocycles. The summed E-state index contributed by atoms with van der Waals surface area (Å²) < 4.78 is 0. The first-order chi connectivity index (χ1) is 9.79. The van der Waals surface area contributed by atoms with Gasteiger partial charge in [0.25, 0.3) is 0 Å². The van der Waals surface area contributed by atoms with Gasteiger partial charge in [-0.25, -0.2) is 0 Å². The molecule has 0 saturated carbocycles. The number of carbonyl (C=O) groups is 3. The number of rotatable bonds is 10. The lowest BCUT2D eigenvalue weighted by Crippen LogP contribution is -2.47. The number of nitrogens with zero attached hydrogens (tertiary/aromatic N) is 2. The van der Waals surface area contributed by atoms with Crippen LogP contribution < -0.4 is 5.32 Å². The zero-order valence-electron chi connectivity index (χ0n) is 13.4. The highest BCUT2D eigenvalue weighted by Gasteiger charge is 2.19. The van der Waals surface area contributed by atoms with Gasteiger partial charge in [-0.05, 0) is 33.7 Å². The van der Waals surface area contributed by atoms with Crippen molar-refractivity contribution in [3.8, 4) is 0 Å². The molecule has 0 aromatic rings. The van der Waals surface area contributed by atoms with E-state index in [1.54, 1.807) is 11.8 Å². The van der Waals surface area contributed by atoms with Crippen molar-refractivity contribution in [3.63, 3.8) is 0 Å². The number of hydrogen-bond acceptors (Lipinski definition) is 4. The number of carboxylic acid groups (broad SMARTS) is 1. The van der Waals surface area contributed by atoms with Gasteiger partial charge in [0.1, 0.15) is 0 Å². The summed E-state index contributed by atoms with van der Waals surface area (Å²) >= 11 is 0. The van der Waals surface area contributed by atoms with Crippen LogP contribution in [-0.4, -0.2) is 71.5 Å². The normalized spacial score (nSPS) is 10.8. The molecule has 7 nitrogen and oxygen atoms in total. The van der Waals surface area contributed by atoms with E-state index in [2.05, 4.69) is 5.32 Å². The molecule has 2 amide bonds. The van der Waals surface area contributed by atoms with E-state index < -0.39 is 5.97 Å². The van der Waals surface area contributed by atoms with Gasteiger partial charge in [0.15, 0.2) is 0 Å². The summed E-state index contributed by atoms with van der Waals surface area (Å²) in [6, 6.07) is 0.0231. The molecule has 21 heavy (non-hydrogen) atoms. The first-order valence-electron chi connectivity index (χ1n) is 7.31. The van der Waals surface area contributed by atoms with Gasteiger partial charge in [-0.3, -0.25) is 19.3 Å². The Morgan fingerprint density at radius 2 is 1.71 bits per heavy atom. The van der Waals surface area contributed by atoms with Crippen LogP contribution >= 0.6 is 0 Å². The summed E-state index contributed by atoms with van der Waals surface area (Å²) in [6.45, 7) is 8.22. The maximum atomic E-state index is 12.2. The van der Waals surface area contributed by atoms with Crippen LogP contribution in [0.2, 0.25) is 0 Å². The SMILES string of the molecule is CCCN(CC(=O)O)CC(=O)N(CC)CC(=O)NC(C)C. The third-order valence-corrected chi connectivity index (χ3v) is 2.78. The van der Waals surface area contributed by atoms with E-state index in [9.17, 15) is 14.4 Å². The Bertz CT molecular complexity index is 358. The van der Waals surface area contributed by atoms with Gasteiger partial charge in [-0.1, -0.05) is 6.92 Å². The zero-order chi connectivity index (χ0) is 16.4. The third kappa shape index (κ3) is 9.01. The fourth-order valence-corrected chi connectivity index (χ4v) is 1.93. The molecule has 0 bridgehead atoms. The van der Waals surface area contributed by atoms with Crippen LogP contribution in [0.15, 0.2) is 0 Å². The van der Waals surface area contributed by atoms with Crippen LogP contribution in [0.5, 0.6) is 0 Å². The summed E-state index contributed by atoms with van der Waals surface area (Å²) in [4.78, 5) is 37.7. The highest BCUT2D eigenvalue weighted by atomic mass is 16.4. The molecule has 0 aliphatic carbocycles. The molecule has 0 radical (unpaired) electrons. The maximum absolute atomic E-state index is 12.2. The van der Waals surface area contributed by atoms with Crippen LogP contribution in [0.1, 0.15) is 34.1 Å². The van der Waals surface area contributed by atoms with Crippen LogP contribution in [0.25, 0.3) is 0 Å². The Balaban J connectivity index is 4.53. The minimum atomic E-state index is -0.961. The zero-order valence-corrected chi connectivity index (χ0v) is 13.4. The van der Waals surface area contributed by atoms with E-state index in [0.717, 1.165) is 6.42 Å². The predicted octanol–water partition coefficient (Wildman–Crippen LogP) is 0.156. The number of carboxylic acids is 1. The lowest BCUT2D eigenvalue weighted by atomic mass is 10.3. The maximum Gasteiger partial charge on any atom is 0.317 e. The van der Waals surface area contributed by atoms with E-state index in [0.29, 0.717) is 13.1 Å². The molecule has 122 valence electrons. The highest BCUT2D eigenvalue weighted by Crippen LogP contribution is 1.97. The Morgan fingerprint density at radius 1 is 1.10 bits per heavy atom. The van der Waals surface area contributed by atoms with Crippen molar-refractivity contribution in [3.05, 3.63) is 0 Å². The van der Waals surface area contributed by atoms with Crippen molar-refractivity contribution in [1.29, 1.82) is 0 Å². The molecule has 0 unspecified atom stereocenters. The largest absolute Gasteiger partial charge is 0.480 e. The van der Waals surface area contributed by atoms with E-state index >= 15 is 0 Å². The number of amides is 2. The predicted molar refractivity (Wildman–Crippen MR) is 79.9 cm³/mol. The lowest BCUT2D eigenvalue weighted by molar-refractivity contribution is -0.141. The van der Waals surface area contributed by atoms with E-state index in [1.165, 1.54) is 4.90 Å². The van der Waals surface area contributed by atoms with Crippen molar-refractivity contribution >= 4 is 17.8 Å². The van der Waals surface area contributed by atoms with Crippen molar-refractivity contribution in [2.75, 3.05) is 32.7 Å². The molecule has 2 N–H and O–H groups in total. The first kappa shape index (κ1) is 19.4. The van der Waals surface area contributed by atoms with Crippen LogP contribution in [0.3, 0.4) is 0 Å². The molecular formula is C14H27N3O4. The van der Waals surface area contributed by atoms with Crippen molar-refractivity contribution in [1.82, 2.24) is 15.1 Å². The van der Waals surface area contributed by atoms with Gasteiger partial charge in [0, 0.05) is 12.6 Å². The van der Waals surface area contributed by atoms with Gasteiger partial charge in [-0.2, -0.15) is 0 Å². The molecule has 7 heteroatoms. The Labute approximate surface area is 126 Å². The smallest absolute Gasteiger partial charge is 0.317 e. The molecular weight excluding hydrogens is 274 g/mol. The fraction of sp³-hybridized carbons (Fsp3) is 0.786. The molecule has 0 rings (SSSR count). The summed E-state index contributed by atoms with van der Waals surface area (Å²) in [5, 5.41) is 11.6. The van der Waals surface area contributed by atoms with Gasteiger partial charge >= 0.3 is 5.97 Å². The molecule has 0 heterocycles. The van der Waals surface area contributed by atoms with Gasteiger partial charge < -0.3 is 15.3 Å². The molecule has 0 aliphatic heterocycles. The van der Waals surface area contributed by atoms with Crippen LogP contribution in [0.4, 0.5) is 0 Å². The number of aliphatic carboxylic acids is 1. The first-order valence-corrected chi connectivity index (χ1v) is 7.31. The van der Waals surface area contributed by atoms with Crippen molar-refractivity contribution < 1.29 is 19.5 Å². The standard InChI is InChI=1S/C14H27N3O4/c1-5-7-16(10-14(20)21)9-13(19)17(6-2)8-12(18)15-11(3)4/h11H,5-10H2,1-4H3,(H,15,18)(H,20,21). The van der Waals surface area contributed by atoms with Gasteiger partial charge in [-0.15, -0.1) is 0 Å². The number of hydrogen-bond donors (Lipinski definition) is 2. The molecule has 0 saturated heterocycles. The quantitative estimate of drug-likeness (QED) is 0.600. The topological polar surface area (TPSA) is 90.0 Å². The highest BCUT2D eigenvalue weighted by molar-refractivity contribution is 5.86. The molecule has 0 spiro atoms. The molecule has 0 aliphatic rings. The number of nitrogens with one attached hydrogen (secondary N) is 1. The van der Waals surface area contributed by atoms with E-state index in [-0.39, 0.29) is 37.5 Å². The number of likely N-dealkylation sites (N-methyl/N-ethyl adjacent to an activating group) is 1. The monoisotopic (exact) mass is 301 g/mol. The van der Waals surface area contributed by atoms with Crippen molar-refractivity contribution in [2.45, 2.75) is 40.2 Å². The van der Waals surface area contributed by atoms with Gasteiger partial charge in [0.05, 0.1) is 19.6 Å². The van der Waals surface area contributed by atoms with E-state index in [1.807, 2.05) is 20.8 Å². The minimum absolute atomic E-state index is 0.000545. The van der Waals surface area contributed by atoms with Crippen LogP contribution in [0, 0.1) is 0 Å². The van der Waals surface area contributed by atoms with E-state index in [4.69, 9.17) is 5.11 Å². The average Bonchev–Trinajstić information content (AvgIpc) is 2.34. The van der Waals surface area contributed by atoms with Crippen LogP contribution in [-0.2, 0) is 14.4 Å². The second-order valence-electron chi connectivity index (χ2n) is 5.23. The summed E-state index contributed by atoms with van der Waals surface area (Å²) in [7, 11) is 0.